The summed E-state index contributed by atoms with van der Waals surface area (Å²) >= 11 is 0. The number of ether oxygens (including phenoxy) is 1. The van der Waals surface area contributed by atoms with Crippen molar-refractivity contribution in [2.24, 2.45) is 11.8 Å². The minimum absolute atomic E-state index is 0.0766. The maximum absolute atomic E-state index is 13.2. The quantitative estimate of drug-likeness (QED) is 0.784. The summed E-state index contributed by atoms with van der Waals surface area (Å²) in [5, 5.41) is 0. The second-order valence-corrected chi connectivity index (χ2v) is 7.14. The van der Waals surface area contributed by atoms with Gasteiger partial charge in [0.25, 0.3) is 0 Å². The first-order valence-corrected chi connectivity index (χ1v) is 8.75. The van der Waals surface area contributed by atoms with Crippen LogP contribution in [0.4, 0.5) is 5.69 Å². The second kappa shape index (κ2) is 5.27. The van der Waals surface area contributed by atoms with Gasteiger partial charge in [0.15, 0.2) is 0 Å². The smallest absolute Gasteiger partial charge is 0.238 e. The molecule has 0 spiro atoms. The number of imide groups is 1. The molecule has 1 heterocycles. The minimum Gasteiger partial charge on any atom is -0.497 e. The monoisotopic (exact) mass is 347 g/mol. The molecule has 4 aliphatic rings. The van der Waals surface area contributed by atoms with Crippen LogP contribution in [0.2, 0.25) is 0 Å². The lowest BCUT2D eigenvalue weighted by Crippen LogP contribution is -2.44. The Balaban J connectivity index is 1.61. The van der Waals surface area contributed by atoms with Crippen molar-refractivity contribution in [3.8, 4) is 5.75 Å². The van der Waals surface area contributed by atoms with E-state index in [9.17, 15) is 14.4 Å². The Morgan fingerprint density at radius 2 is 1.54 bits per heavy atom. The van der Waals surface area contributed by atoms with Crippen LogP contribution in [0.3, 0.4) is 0 Å². The molecule has 2 aromatic rings. The number of ketones is 1. The van der Waals surface area contributed by atoms with Gasteiger partial charge >= 0.3 is 0 Å². The number of amides is 2. The number of rotatable bonds is 2. The van der Waals surface area contributed by atoms with Crippen LogP contribution in [-0.4, -0.2) is 24.7 Å². The molecule has 0 unspecified atom stereocenters. The van der Waals surface area contributed by atoms with Gasteiger partial charge in [0.2, 0.25) is 11.8 Å². The molecule has 26 heavy (non-hydrogen) atoms. The number of hydrogen-bond donors (Lipinski definition) is 0. The molecule has 0 radical (unpaired) electrons. The molecule has 5 nitrogen and oxygen atoms in total. The fourth-order valence-corrected chi connectivity index (χ4v) is 4.95. The molecule has 2 fully saturated rings. The van der Waals surface area contributed by atoms with E-state index in [1.54, 1.807) is 31.4 Å². The van der Waals surface area contributed by atoms with Gasteiger partial charge in [0.05, 0.1) is 30.6 Å². The summed E-state index contributed by atoms with van der Waals surface area (Å²) in [4.78, 5) is 40.3. The number of nitrogens with zero attached hydrogens (tertiary/aromatic N) is 1. The summed E-state index contributed by atoms with van der Waals surface area (Å²) in [6.07, 6.45) is 0.346. The Kier molecular flexibility index (Phi) is 3.11. The molecule has 1 saturated heterocycles. The second-order valence-electron chi connectivity index (χ2n) is 7.14. The van der Waals surface area contributed by atoms with Gasteiger partial charge in [-0.15, -0.1) is 0 Å². The lowest BCUT2D eigenvalue weighted by atomic mass is 9.56. The molecule has 2 bridgehead atoms. The zero-order valence-electron chi connectivity index (χ0n) is 14.2. The topological polar surface area (TPSA) is 63.7 Å². The van der Waals surface area contributed by atoms with Crippen LogP contribution in [0.5, 0.6) is 5.75 Å². The molecule has 2 amide bonds. The fraction of sp³-hybridized carbons (Fsp3) is 0.286. The summed E-state index contributed by atoms with van der Waals surface area (Å²) in [5.41, 5.74) is 2.51. The van der Waals surface area contributed by atoms with Gasteiger partial charge in [-0.25, -0.2) is 0 Å². The highest BCUT2D eigenvalue weighted by Crippen LogP contribution is 2.57. The van der Waals surface area contributed by atoms with E-state index in [2.05, 4.69) is 0 Å². The number of anilines is 1. The Morgan fingerprint density at radius 1 is 0.885 bits per heavy atom. The van der Waals surface area contributed by atoms with Gasteiger partial charge < -0.3 is 4.74 Å². The SMILES string of the molecule is COc1ccc(N2C(=O)[C@@H]3[C@H](C2=O)[C@H]2CC(=O)[C@H]3c3ccccc32)cc1. The van der Waals surface area contributed by atoms with Crippen LogP contribution in [0, 0.1) is 11.8 Å². The first kappa shape index (κ1) is 15.3. The Bertz CT molecular complexity index is 949. The number of Topliss-reactive ketones (excluding diaryl/α,β-unsaturated/α-hetero) is 1. The van der Waals surface area contributed by atoms with E-state index in [0.717, 1.165) is 11.1 Å². The van der Waals surface area contributed by atoms with Crippen LogP contribution in [0.15, 0.2) is 48.5 Å². The van der Waals surface area contributed by atoms with Crippen molar-refractivity contribution in [3.63, 3.8) is 0 Å². The van der Waals surface area contributed by atoms with Crippen molar-refractivity contribution < 1.29 is 19.1 Å². The first-order chi connectivity index (χ1) is 12.6. The summed E-state index contributed by atoms with van der Waals surface area (Å²) in [5.74, 6) is -1.44. The normalized spacial score (nSPS) is 29.0. The average molecular weight is 347 g/mol. The van der Waals surface area contributed by atoms with Crippen molar-refractivity contribution in [3.05, 3.63) is 59.7 Å². The third-order valence-corrected chi connectivity index (χ3v) is 6.02. The van der Waals surface area contributed by atoms with E-state index in [1.807, 2.05) is 24.3 Å². The maximum atomic E-state index is 13.2. The number of carbonyl (C=O) groups is 3. The summed E-state index contributed by atoms with van der Waals surface area (Å²) in [6, 6.07) is 14.6. The Labute approximate surface area is 150 Å². The Morgan fingerprint density at radius 3 is 2.23 bits per heavy atom. The van der Waals surface area contributed by atoms with E-state index in [4.69, 9.17) is 4.74 Å². The molecule has 1 saturated carbocycles. The van der Waals surface area contributed by atoms with Crippen LogP contribution in [-0.2, 0) is 14.4 Å². The number of carbonyl (C=O) groups excluding carboxylic acids is 3. The van der Waals surface area contributed by atoms with E-state index in [-0.39, 0.29) is 23.5 Å². The van der Waals surface area contributed by atoms with Crippen molar-refractivity contribution in [1.29, 1.82) is 0 Å². The van der Waals surface area contributed by atoms with Crippen molar-refractivity contribution >= 4 is 23.3 Å². The lowest BCUT2D eigenvalue weighted by molar-refractivity contribution is -0.134. The standard InChI is InChI=1S/C21H17NO4/c1-26-12-8-6-11(7-9-12)22-20(24)18-15-10-16(23)17(19(18)21(22)25)14-5-3-2-4-13(14)15/h2-9,15,17-19H,10H2,1H3/t15-,17+,18+,19-/m0/s1. The van der Waals surface area contributed by atoms with Crippen LogP contribution in [0.25, 0.3) is 0 Å². The molecule has 4 atom stereocenters. The molecule has 130 valence electrons. The number of fused-ring (bicyclic) bond motifs is 1. The van der Waals surface area contributed by atoms with Crippen LogP contribution >= 0.6 is 0 Å². The first-order valence-electron chi connectivity index (χ1n) is 8.75. The average Bonchev–Trinajstić information content (AvgIpc) is 2.94. The molecular formula is C21H17NO4. The third kappa shape index (κ3) is 1.83. The zero-order valence-corrected chi connectivity index (χ0v) is 14.2. The predicted molar refractivity (Wildman–Crippen MR) is 94.0 cm³/mol. The molecule has 2 aromatic carbocycles. The zero-order chi connectivity index (χ0) is 18.0. The summed E-state index contributed by atoms with van der Waals surface area (Å²) < 4.78 is 5.15. The highest BCUT2D eigenvalue weighted by Gasteiger charge is 2.62. The third-order valence-electron chi connectivity index (χ3n) is 6.02. The lowest BCUT2D eigenvalue weighted by Gasteiger charge is -2.43. The maximum Gasteiger partial charge on any atom is 0.238 e. The van der Waals surface area contributed by atoms with Crippen molar-refractivity contribution in [2.75, 3.05) is 12.0 Å². The van der Waals surface area contributed by atoms with Gasteiger partial charge in [-0.1, -0.05) is 24.3 Å². The van der Waals surface area contributed by atoms with E-state index >= 15 is 0 Å². The van der Waals surface area contributed by atoms with Gasteiger partial charge in [-0.05, 0) is 35.4 Å². The summed E-state index contributed by atoms with van der Waals surface area (Å²) in [7, 11) is 1.57. The van der Waals surface area contributed by atoms with E-state index in [0.29, 0.717) is 17.9 Å². The molecule has 3 aliphatic carbocycles. The Hall–Kier alpha value is -2.95. The minimum atomic E-state index is -0.578. The van der Waals surface area contributed by atoms with Crippen molar-refractivity contribution in [2.45, 2.75) is 18.3 Å². The van der Waals surface area contributed by atoms with Crippen molar-refractivity contribution in [1.82, 2.24) is 0 Å². The molecule has 6 rings (SSSR count). The molecule has 5 heteroatoms. The molecule has 0 N–H and O–H groups in total. The highest BCUT2D eigenvalue weighted by atomic mass is 16.5. The number of benzene rings is 2. The van der Waals surface area contributed by atoms with Gasteiger partial charge in [0.1, 0.15) is 11.5 Å². The molecular weight excluding hydrogens is 330 g/mol. The van der Waals surface area contributed by atoms with Gasteiger partial charge in [-0.2, -0.15) is 0 Å². The highest BCUT2D eigenvalue weighted by molar-refractivity contribution is 6.24. The van der Waals surface area contributed by atoms with Gasteiger partial charge in [-0.3, -0.25) is 19.3 Å². The molecule has 0 aromatic heterocycles. The summed E-state index contributed by atoms with van der Waals surface area (Å²) in [6.45, 7) is 0. The van der Waals surface area contributed by atoms with E-state index < -0.39 is 17.8 Å². The predicted octanol–water partition coefficient (Wildman–Crippen LogP) is 2.65. The van der Waals surface area contributed by atoms with Gasteiger partial charge in [0, 0.05) is 12.3 Å². The number of methoxy groups -OCH3 is 1. The molecule has 1 aliphatic heterocycles. The van der Waals surface area contributed by atoms with Crippen LogP contribution < -0.4 is 9.64 Å². The largest absolute Gasteiger partial charge is 0.497 e. The fourth-order valence-electron chi connectivity index (χ4n) is 4.95. The van der Waals surface area contributed by atoms with Crippen LogP contribution in [0.1, 0.15) is 29.4 Å². The van der Waals surface area contributed by atoms with E-state index in [1.165, 1.54) is 4.90 Å². The number of hydrogen-bond acceptors (Lipinski definition) is 4.